The van der Waals surface area contributed by atoms with Crippen LogP contribution >= 0.6 is 0 Å². The quantitative estimate of drug-likeness (QED) is 0.152. The number of hydrogen-bond donors (Lipinski definition) is 0. The van der Waals surface area contributed by atoms with Crippen molar-refractivity contribution in [3.63, 3.8) is 0 Å². The zero-order valence-corrected chi connectivity index (χ0v) is 39.9. The minimum atomic E-state index is 0.693. The molecule has 336 valence electrons. The first kappa shape index (κ1) is 43.7. The van der Waals surface area contributed by atoms with Gasteiger partial charge >= 0.3 is 0 Å². The third kappa shape index (κ3) is 8.10. The van der Waals surface area contributed by atoms with Crippen LogP contribution in [0.4, 0.5) is 0 Å². The molecule has 4 nitrogen and oxygen atoms in total. The monoisotopic (exact) mass is 900 g/mol. The lowest BCUT2D eigenvalue weighted by Gasteiger charge is -2.13. The summed E-state index contributed by atoms with van der Waals surface area (Å²) in [5.74, 6) is 0.693. The van der Waals surface area contributed by atoms with Crippen molar-refractivity contribution in [1.82, 2.24) is 19.1 Å². The number of nitrogens with zero attached hydrogens (tertiary/aromatic N) is 4. The van der Waals surface area contributed by atoms with Crippen LogP contribution in [0.2, 0.25) is 0 Å². The Bertz CT molecular complexity index is 3900. The number of rotatable bonds is 8. The Hall–Kier alpha value is -8.86. The van der Waals surface area contributed by atoms with E-state index in [1.807, 2.05) is 30.3 Å². The predicted octanol–water partition coefficient (Wildman–Crippen LogP) is 17.6. The van der Waals surface area contributed by atoms with Gasteiger partial charge in [-0.2, -0.15) is 0 Å². The minimum Gasteiger partial charge on any atom is -0.309 e. The summed E-state index contributed by atoms with van der Waals surface area (Å²) in [7, 11) is 0. The highest BCUT2D eigenvalue weighted by atomic mass is 15.0. The molecular weight excluding hydrogens is 849 g/mol. The van der Waals surface area contributed by atoms with E-state index in [1.54, 1.807) is 0 Å². The smallest absolute Gasteiger partial charge is 0.160 e. The molecule has 9 aromatic carbocycles. The molecule has 0 aliphatic rings. The Morgan fingerprint density at radius 1 is 0.429 bits per heavy atom. The van der Waals surface area contributed by atoms with Crippen molar-refractivity contribution in [2.75, 3.05) is 0 Å². The normalized spacial score (nSPS) is 11.4. The van der Waals surface area contributed by atoms with Gasteiger partial charge in [0.1, 0.15) is 0 Å². The molecule has 12 rings (SSSR count). The Morgan fingerprint density at radius 3 is 1.67 bits per heavy atom. The van der Waals surface area contributed by atoms with Crippen molar-refractivity contribution < 1.29 is 0 Å². The van der Waals surface area contributed by atoms with Gasteiger partial charge < -0.3 is 9.13 Å². The number of para-hydroxylation sites is 2. The molecule has 0 saturated heterocycles. The van der Waals surface area contributed by atoms with Gasteiger partial charge in [-0.05, 0) is 134 Å². The Labute approximate surface area is 409 Å². The standard InChI is InChI=1S/C59H44N4.C7H8/c1-5-16-47-52-35-43(29-32-56(52)62(54(47)6-2)45-19-12-8-13-20-45)40-24-26-42(27-25-40)59-60-53-36-44(28-30-48(53)58(61-59)41-17-10-7-11-18-41)49-37-57-51(34-39(49)4)50-33-38(3)23-31-55(50)63(57)46-21-14-9-15-22-46;1-7-5-3-2-4-6-7/h5-37H,2H2,1,3-4H3;2-6H,1H3/b16-5-;. The van der Waals surface area contributed by atoms with Crippen molar-refractivity contribution in [3.8, 4) is 56.3 Å². The van der Waals surface area contributed by atoms with Crippen molar-refractivity contribution >= 4 is 55.8 Å². The highest BCUT2D eigenvalue weighted by molar-refractivity contribution is 6.11. The molecule has 0 aliphatic heterocycles. The van der Waals surface area contributed by atoms with Crippen LogP contribution in [-0.2, 0) is 0 Å². The molecule has 3 heterocycles. The van der Waals surface area contributed by atoms with Crippen molar-refractivity contribution in [2.24, 2.45) is 0 Å². The van der Waals surface area contributed by atoms with E-state index in [0.29, 0.717) is 5.82 Å². The van der Waals surface area contributed by atoms with E-state index in [0.717, 1.165) is 72.6 Å². The highest BCUT2D eigenvalue weighted by Gasteiger charge is 2.19. The van der Waals surface area contributed by atoms with E-state index in [2.05, 4.69) is 244 Å². The number of aryl methyl sites for hydroxylation is 3. The van der Waals surface area contributed by atoms with Crippen LogP contribution < -0.4 is 0 Å². The van der Waals surface area contributed by atoms with Gasteiger partial charge in [0.2, 0.25) is 0 Å². The number of allylic oxidation sites excluding steroid dienone is 1. The summed E-state index contributed by atoms with van der Waals surface area (Å²) < 4.78 is 4.69. The topological polar surface area (TPSA) is 35.6 Å². The molecule has 0 bridgehead atoms. The molecule has 0 spiro atoms. The second-order valence-electron chi connectivity index (χ2n) is 18.0. The van der Waals surface area contributed by atoms with Gasteiger partial charge in [0.25, 0.3) is 0 Å². The number of hydrogen-bond acceptors (Lipinski definition) is 2. The van der Waals surface area contributed by atoms with Crippen LogP contribution in [0.5, 0.6) is 0 Å². The fraction of sp³-hybridized carbons (Fsp3) is 0.0606. The third-order valence-corrected chi connectivity index (χ3v) is 13.3. The number of aromatic nitrogens is 4. The molecule has 0 unspecified atom stereocenters. The lowest BCUT2D eigenvalue weighted by atomic mass is 9.96. The number of benzene rings is 9. The maximum atomic E-state index is 5.31. The van der Waals surface area contributed by atoms with Crippen LogP contribution in [0.3, 0.4) is 0 Å². The van der Waals surface area contributed by atoms with E-state index >= 15 is 0 Å². The molecule has 0 atom stereocenters. The zero-order valence-electron chi connectivity index (χ0n) is 39.9. The van der Waals surface area contributed by atoms with E-state index in [4.69, 9.17) is 9.97 Å². The Morgan fingerprint density at radius 2 is 1.01 bits per heavy atom. The summed E-state index contributed by atoms with van der Waals surface area (Å²) in [4.78, 5) is 10.6. The molecule has 0 radical (unpaired) electrons. The third-order valence-electron chi connectivity index (χ3n) is 13.3. The average molecular weight is 901 g/mol. The molecule has 0 fully saturated rings. The van der Waals surface area contributed by atoms with E-state index in [1.165, 1.54) is 49.4 Å². The summed E-state index contributed by atoms with van der Waals surface area (Å²) >= 11 is 0. The summed E-state index contributed by atoms with van der Waals surface area (Å²) in [5, 5.41) is 4.72. The first-order valence-electron chi connectivity index (χ1n) is 24.0. The van der Waals surface area contributed by atoms with Gasteiger partial charge in [0.15, 0.2) is 5.82 Å². The van der Waals surface area contributed by atoms with E-state index in [-0.39, 0.29) is 0 Å². The maximum Gasteiger partial charge on any atom is 0.160 e. The minimum absolute atomic E-state index is 0.693. The Kier molecular flexibility index (Phi) is 11.7. The first-order chi connectivity index (χ1) is 34.4. The van der Waals surface area contributed by atoms with Gasteiger partial charge in [-0.3, -0.25) is 0 Å². The first-order valence-corrected chi connectivity index (χ1v) is 24.0. The zero-order chi connectivity index (χ0) is 47.7. The summed E-state index contributed by atoms with van der Waals surface area (Å²) in [6.45, 7) is 12.7. The maximum absolute atomic E-state index is 5.31. The van der Waals surface area contributed by atoms with Gasteiger partial charge in [-0.25, -0.2) is 9.97 Å². The van der Waals surface area contributed by atoms with Crippen molar-refractivity contribution in [3.05, 3.63) is 253 Å². The molecule has 4 heteroatoms. The summed E-state index contributed by atoms with van der Waals surface area (Å²) in [6.07, 6.45) is 6.24. The molecule has 0 amide bonds. The molecule has 12 aromatic rings. The van der Waals surface area contributed by atoms with Crippen molar-refractivity contribution in [1.29, 1.82) is 0 Å². The van der Waals surface area contributed by atoms with Gasteiger partial charge in [0.05, 0.1) is 33.5 Å². The fourth-order valence-electron chi connectivity index (χ4n) is 9.96. The van der Waals surface area contributed by atoms with Crippen LogP contribution in [0.15, 0.2) is 225 Å². The lowest BCUT2D eigenvalue weighted by Crippen LogP contribution is -1.97. The fourth-order valence-corrected chi connectivity index (χ4v) is 9.96. The largest absolute Gasteiger partial charge is 0.309 e. The molecule has 0 saturated carbocycles. The predicted molar refractivity (Wildman–Crippen MR) is 298 cm³/mol. The van der Waals surface area contributed by atoms with Crippen LogP contribution in [0.25, 0.3) is 112 Å². The lowest BCUT2D eigenvalue weighted by molar-refractivity contribution is 1.11. The molecule has 0 aliphatic carbocycles. The molecule has 3 aromatic heterocycles. The summed E-state index contributed by atoms with van der Waals surface area (Å²) in [6, 6.07) is 75.4. The van der Waals surface area contributed by atoms with Crippen LogP contribution in [0.1, 0.15) is 34.9 Å². The molecule has 0 N–H and O–H groups in total. The van der Waals surface area contributed by atoms with E-state index < -0.39 is 0 Å². The van der Waals surface area contributed by atoms with Gasteiger partial charge in [-0.15, -0.1) is 0 Å². The van der Waals surface area contributed by atoms with Gasteiger partial charge in [-0.1, -0.05) is 169 Å². The van der Waals surface area contributed by atoms with E-state index in [9.17, 15) is 0 Å². The second-order valence-corrected chi connectivity index (χ2v) is 18.0. The average Bonchev–Trinajstić information content (AvgIpc) is 3.89. The van der Waals surface area contributed by atoms with Crippen LogP contribution in [-0.4, -0.2) is 19.1 Å². The Balaban J connectivity index is 0.000000703. The highest BCUT2D eigenvalue weighted by Crippen LogP contribution is 2.40. The van der Waals surface area contributed by atoms with Gasteiger partial charge in [0, 0.05) is 49.6 Å². The number of fused-ring (bicyclic) bond motifs is 5. The van der Waals surface area contributed by atoms with Crippen LogP contribution in [0, 0.1) is 20.8 Å². The SMILES string of the molecule is C=Cc1c(/C=C\C)c2cc(-c3ccc(-c4nc(-c5ccccc5)c5ccc(-c6cc7c(cc6C)c6cc(C)ccc6n7-c6ccccc6)cc5n4)cc3)ccc2n1-c1ccccc1.Cc1ccccc1. The molecule has 70 heavy (non-hydrogen) atoms. The summed E-state index contributed by atoms with van der Waals surface area (Å²) in [5.41, 5.74) is 20.2. The van der Waals surface area contributed by atoms with Crippen molar-refractivity contribution in [2.45, 2.75) is 27.7 Å². The second kappa shape index (κ2) is 18.7. The molecular formula is C66H52N4.